The maximum absolute atomic E-state index is 13.5. The molecule has 0 aliphatic rings. The minimum absolute atomic E-state index is 0.107. The van der Waals surface area contributed by atoms with Crippen molar-refractivity contribution >= 4 is 55.1 Å². The Balaban J connectivity index is 2.44. The van der Waals surface area contributed by atoms with E-state index in [4.69, 9.17) is 11.6 Å². The fraction of sp³-hybridized carbons (Fsp3) is 0.391. The van der Waals surface area contributed by atoms with E-state index in [-0.39, 0.29) is 18.5 Å². The number of hydrogen-bond donors (Lipinski definition) is 1. The molecule has 180 valence electrons. The van der Waals surface area contributed by atoms with Crippen LogP contribution in [-0.2, 0) is 26.2 Å². The van der Waals surface area contributed by atoms with Gasteiger partial charge in [0, 0.05) is 22.1 Å². The second-order valence-corrected chi connectivity index (χ2v) is 11.4. The smallest absolute Gasteiger partial charge is 0.244 e. The van der Waals surface area contributed by atoms with Crippen molar-refractivity contribution in [1.29, 1.82) is 0 Å². The van der Waals surface area contributed by atoms with E-state index in [1.807, 2.05) is 38.1 Å². The molecule has 0 unspecified atom stereocenters. The lowest BCUT2D eigenvalue weighted by atomic mass is 10.1. The van der Waals surface area contributed by atoms with Crippen LogP contribution < -0.4 is 9.62 Å². The number of hydrogen-bond acceptors (Lipinski definition) is 4. The lowest BCUT2D eigenvalue weighted by Crippen LogP contribution is -2.52. The zero-order chi connectivity index (χ0) is 24.9. The zero-order valence-corrected chi connectivity index (χ0v) is 22.5. The van der Waals surface area contributed by atoms with E-state index in [1.54, 1.807) is 32.0 Å². The summed E-state index contributed by atoms with van der Waals surface area (Å²) >= 11 is 9.61. The molecule has 0 aromatic heterocycles. The molecular weight excluding hydrogens is 530 g/mol. The van der Waals surface area contributed by atoms with Crippen molar-refractivity contribution in [3.63, 3.8) is 0 Å². The number of anilines is 1. The first kappa shape index (κ1) is 27.1. The maximum atomic E-state index is 13.5. The summed E-state index contributed by atoms with van der Waals surface area (Å²) < 4.78 is 27.1. The molecule has 2 rings (SSSR count). The maximum Gasteiger partial charge on any atom is 0.244 e. The molecule has 0 heterocycles. The van der Waals surface area contributed by atoms with Gasteiger partial charge in [0.05, 0.1) is 11.9 Å². The van der Waals surface area contributed by atoms with Gasteiger partial charge in [0.25, 0.3) is 0 Å². The highest BCUT2D eigenvalue weighted by atomic mass is 79.9. The van der Waals surface area contributed by atoms with E-state index in [1.165, 1.54) is 4.90 Å². The van der Waals surface area contributed by atoms with Crippen molar-refractivity contribution < 1.29 is 18.0 Å². The van der Waals surface area contributed by atoms with E-state index in [0.717, 1.165) is 20.6 Å². The van der Waals surface area contributed by atoms with Crippen LogP contribution in [0.4, 0.5) is 5.69 Å². The Morgan fingerprint density at radius 1 is 1.12 bits per heavy atom. The SMILES string of the molecule is Cc1c(Cl)cccc1N(CC(=O)N(Cc1cccc(Br)c1)[C@@H](C)C(=O)NC(C)C)S(C)(=O)=O. The van der Waals surface area contributed by atoms with E-state index < -0.39 is 28.5 Å². The first-order chi connectivity index (χ1) is 15.3. The van der Waals surface area contributed by atoms with Gasteiger partial charge in [-0.25, -0.2) is 8.42 Å². The van der Waals surface area contributed by atoms with Gasteiger partial charge in [-0.2, -0.15) is 0 Å². The number of rotatable bonds is 9. The second kappa shape index (κ2) is 11.4. The zero-order valence-electron chi connectivity index (χ0n) is 19.3. The molecule has 0 aliphatic heterocycles. The summed E-state index contributed by atoms with van der Waals surface area (Å²) in [6, 6.07) is 11.3. The number of carbonyl (C=O) groups is 2. The lowest BCUT2D eigenvalue weighted by Gasteiger charge is -2.32. The Hall–Kier alpha value is -2.10. The van der Waals surface area contributed by atoms with Gasteiger partial charge in [0.2, 0.25) is 21.8 Å². The molecule has 1 atom stereocenters. The van der Waals surface area contributed by atoms with Crippen molar-refractivity contribution in [3.8, 4) is 0 Å². The largest absolute Gasteiger partial charge is 0.352 e. The van der Waals surface area contributed by atoms with Crippen LogP contribution in [0.5, 0.6) is 0 Å². The van der Waals surface area contributed by atoms with E-state index >= 15 is 0 Å². The normalized spacial score (nSPS) is 12.4. The molecule has 0 spiro atoms. The van der Waals surface area contributed by atoms with Gasteiger partial charge in [-0.3, -0.25) is 13.9 Å². The van der Waals surface area contributed by atoms with E-state index in [9.17, 15) is 18.0 Å². The highest BCUT2D eigenvalue weighted by Gasteiger charge is 2.31. The number of halogens is 2. The number of nitrogens with one attached hydrogen (secondary N) is 1. The number of nitrogens with zero attached hydrogens (tertiary/aromatic N) is 2. The highest BCUT2D eigenvalue weighted by molar-refractivity contribution is 9.10. The average Bonchev–Trinajstić information content (AvgIpc) is 2.70. The van der Waals surface area contributed by atoms with Gasteiger partial charge in [-0.15, -0.1) is 0 Å². The summed E-state index contributed by atoms with van der Waals surface area (Å²) in [6.45, 7) is 6.66. The molecule has 0 saturated heterocycles. The van der Waals surface area contributed by atoms with Crippen LogP contribution in [0, 0.1) is 6.92 Å². The van der Waals surface area contributed by atoms with Gasteiger partial charge < -0.3 is 10.2 Å². The molecule has 0 fully saturated rings. The van der Waals surface area contributed by atoms with Crippen molar-refractivity contribution in [1.82, 2.24) is 10.2 Å². The predicted octanol–water partition coefficient (Wildman–Crippen LogP) is 4.12. The summed E-state index contributed by atoms with van der Waals surface area (Å²) in [5.74, 6) is -0.829. The Morgan fingerprint density at radius 2 is 1.76 bits per heavy atom. The number of sulfonamides is 1. The van der Waals surface area contributed by atoms with Crippen LogP contribution in [0.25, 0.3) is 0 Å². The van der Waals surface area contributed by atoms with Crippen molar-refractivity contribution in [3.05, 3.63) is 63.1 Å². The molecule has 1 N–H and O–H groups in total. The van der Waals surface area contributed by atoms with Gasteiger partial charge >= 0.3 is 0 Å². The quantitative estimate of drug-likeness (QED) is 0.502. The lowest BCUT2D eigenvalue weighted by molar-refractivity contribution is -0.139. The van der Waals surface area contributed by atoms with Crippen LogP contribution in [-0.4, -0.2) is 50.0 Å². The molecule has 0 radical (unpaired) electrons. The first-order valence-corrected chi connectivity index (χ1v) is 13.4. The third kappa shape index (κ3) is 7.45. The van der Waals surface area contributed by atoms with E-state index in [0.29, 0.717) is 16.3 Å². The Morgan fingerprint density at radius 3 is 2.33 bits per heavy atom. The number of amides is 2. The molecule has 7 nitrogen and oxygen atoms in total. The monoisotopic (exact) mass is 557 g/mol. The summed E-state index contributed by atoms with van der Waals surface area (Å²) in [7, 11) is -3.81. The molecule has 10 heteroatoms. The summed E-state index contributed by atoms with van der Waals surface area (Å²) in [5.41, 5.74) is 1.66. The van der Waals surface area contributed by atoms with Crippen molar-refractivity contribution in [2.75, 3.05) is 17.1 Å². The van der Waals surface area contributed by atoms with Gasteiger partial charge in [0.15, 0.2) is 0 Å². The predicted molar refractivity (Wildman–Crippen MR) is 136 cm³/mol. The number of carbonyl (C=O) groups excluding carboxylic acids is 2. The second-order valence-electron chi connectivity index (χ2n) is 8.14. The molecule has 2 aromatic carbocycles. The summed E-state index contributed by atoms with van der Waals surface area (Å²) in [5, 5.41) is 3.21. The molecular formula is C23H29BrClN3O4S. The molecule has 0 aliphatic carbocycles. The van der Waals surface area contributed by atoms with Crippen LogP contribution >= 0.6 is 27.5 Å². The van der Waals surface area contributed by atoms with E-state index in [2.05, 4.69) is 21.2 Å². The van der Waals surface area contributed by atoms with Gasteiger partial charge in [-0.1, -0.05) is 45.7 Å². The van der Waals surface area contributed by atoms with Crippen LogP contribution in [0.2, 0.25) is 5.02 Å². The Bertz CT molecular complexity index is 1120. The fourth-order valence-corrected chi connectivity index (χ4v) is 4.80. The molecule has 2 aromatic rings. The summed E-state index contributed by atoms with van der Waals surface area (Å²) in [4.78, 5) is 27.6. The topological polar surface area (TPSA) is 86.8 Å². The van der Waals surface area contributed by atoms with Crippen LogP contribution in [0.1, 0.15) is 31.9 Å². The fourth-order valence-electron chi connectivity index (χ4n) is 3.28. The standard InChI is InChI=1S/C23H29BrClN3O4S/c1-15(2)26-23(30)17(4)27(13-18-8-6-9-19(24)12-18)22(29)14-28(33(5,31)32)21-11-7-10-20(25)16(21)3/h6-12,15,17H,13-14H2,1-5H3,(H,26,30)/t17-/m0/s1. The molecule has 0 bridgehead atoms. The number of benzene rings is 2. The van der Waals surface area contributed by atoms with Crippen molar-refractivity contribution in [2.24, 2.45) is 0 Å². The van der Waals surface area contributed by atoms with Gasteiger partial charge in [0.1, 0.15) is 12.6 Å². The molecule has 33 heavy (non-hydrogen) atoms. The molecule has 2 amide bonds. The highest BCUT2D eigenvalue weighted by Crippen LogP contribution is 2.28. The third-order valence-corrected chi connectivity index (χ3v) is 7.06. The van der Waals surface area contributed by atoms with Crippen molar-refractivity contribution in [2.45, 2.75) is 46.3 Å². The molecule has 0 saturated carbocycles. The van der Waals surface area contributed by atoms with Crippen LogP contribution in [0.3, 0.4) is 0 Å². The Kier molecular flexibility index (Phi) is 9.34. The Labute approximate surface area is 209 Å². The average molecular weight is 559 g/mol. The van der Waals surface area contributed by atoms with Gasteiger partial charge in [-0.05, 0) is 63.1 Å². The minimum Gasteiger partial charge on any atom is -0.352 e. The third-order valence-electron chi connectivity index (χ3n) is 5.03. The minimum atomic E-state index is -3.81. The summed E-state index contributed by atoms with van der Waals surface area (Å²) in [6.07, 6.45) is 1.04. The first-order valence-electron chi connectivity index (χ1n) is 10.4. The van der Waals surface area contributed by atoms with Crippen LogP contribution in [0.15, 0.2) is 46.9 Å².